The Labute approximate surface area is 122 Å². The van der Waals surface area contributed by atoms with Gasteiger partial charge in [-0.1, -0.05) is 13.0 Å². The third-order valence-electron chi connectivity index (χ3n) is 3.88. The van der Waals surface area contributed by atoms with E-state index < -0.39 is 0 Å². The van der Waals surface area contributed by atoms with Gasteiger partial charge in [-0.3, -0.25) is 4.98 Å². The van der Waals surface area contributed by atoms with Gasteiger partial charge < -0.3 is 5.32 Å². The Balaban J connectivity index is 2.31. The fraction of sp³-hybridized carbons (Fsp3) is 0.438. The van der Waals surface area contributed by atoms with E-state index in [9.17, 15) is 0 Å². The van der Waals surface area contributed by atoms with Gasteiger partial charge in [0.1, 0.15) is 0 Å². The summed E-state index contributed by atoms with van der Waals surface area (Å²) in [4.78, 5) is 4.90. The van der Waals surface area contributed by atoms with E-state index in [4.69, 9.17) is 4.98 Å². The molecule has 1 aliphatic rings. The minimum absolute atomic E-state index is 1.03. The molecule has 19 heavy (non-hydrogen) atoms. The SMILES string of the molecule is CCCNc1c2c(nc3c(Br)ccc(C)c13)CCC2. The van der Waals surface area contributed by atoms with Crippen LogP contribution in [0.4, 0.5) is 5.69 Å². The summed E-state index contributed by atoms with van der Waals surface area (Å²) in [5.74, 6) is 0. The highest BCUT2D eigenvalue weighted by Gasteiger charge is 2.21. The van der Waals surface area contributed by atoms with Crippen LogP contribution in [0.25, 0.3) is 10.9 Å². The van der Waals surface area contributed by atoms with Crippen molar-refractivity contribution < 1.29 is 0 Å². The quantitative estimate of drug-likeness (QED) is 0.893. The van der Waals surface area contributed by atoms with Crippen LogP contribution in [-0.4, -0.2) is 11.5 Å². The van der Waals surface area contributed by atoms with Gasteiger partial charge in [0.15, 0.2) is 0 Å². The average molecular weight is 319 g/mol. The number of nitrogens with one attached hydrogen (secondary N) is 1. The van der Waals surface area contributed by atoms with Gasteiger partial charge in [-0.2, -0.15) is 0 Å². The summed E-state index contributed by atoms with van der Waals surface area (Å²) in [7, 11) is 0. The lowest BCUT2D eigenvalue weighted by atomic mass is 10.0. The molecule has 0 saturated carbocycles. The number of rotatable bonds is 3. The van der Waals surface area contributed by atoms with E-state index in [0.29, 0.717) is 0 Å². The molecule has 0 amide bonds. The van der Waals surface area contributed by atoms with Crippen molar-refractivity contribution in [1.82, 2.24) is 4.98 Å². The third-order valence-corrected chi connectivity index (χ3v) is 4.52. The molecule has 0 spiro atoms. The summed E-state index contributed by atoms with van der Waals surface area (Å²) in [6.45, 7) is 5.41. The Morgan fingerprint density at radius 1 is 1.32 bits per heavy atom. The summed E-state index contributed by atoms with van der Waals surface area (Å²) >= 11 is 3.65. The van der Waals surface area contributed by atoms with Gasteiger partial charge in [0.05, 0.1) is 5.52 Å². The predicted molar refractivity (Wildman–Crippen MR) is 85.0 cm³/mol. The van der Waals surface area contributed by atoms with Gasteiger partial charge in [-0.25, -0.2) is 0 Å². The van der Waals surface area contributed by atoms with Crippen LogP contribution in [0.15, 0.2) is 16.6 Å². The smallest absolute Gasteiger partial charge is 0.0870 e. The zero-order chi connectivity index (χ0) is 13.4. The predicted octanol–water partition coefficient (Wildman–Crippen LogP) is 4.62. The molecule has 0 atom stereocenters. The number of aromatic nitrogens is 1. The first-order chi connectivity index (χ1) is 9.22. The highest BCUT2D eigenvalue weighted by atomic mass is 79.9. The Kier molecular flexibility index (Phi) is 3.48. The molecule has 0 aliphatic heterocycles. The van der Waals surface area contributed by atoms with Gasteiger partial charge in [-0.15, -0.1) is 0 Å². The van der Waals surface area contributed by atoms with Crippen LogP contribution in [0.1, 0.15) is 36.6 Å². The number of nitrogens with zero attached hydrogens (tertiary/aromatic N) is 1. The molecule has 0 radical (unpaired) electrons. The zero-order valence-electron chi connectivity index (χ0n) is 11.5. The number of hydrogen-bond acceptors (Lipinski definition) is 2. The van der Waals surface area contributed by atoms with Gasteiger partial charge in [0, 0.05) is 27.8 Å². The van der Waals surface area contributed by atoms with E-state index in [1.54, 1.807) is 0 Å². The summed E-state index contributed by atoms with van der Waals surface area (Å²) < 4.78 is 1.10. The van der Waals surface area contributed by atoms with E-state index >= 15 is 0 Å². The maximum Gasteiger partial charge on any atom is 0.0870 e. The van der Waals surface area contributed by atoms with Crippen molar-refractivity contribution >= 4 is 32.5 Å². The van der Waals surface area contributed by atoms with Gasteiger partial charge in [0.2, 0.25) is 0 Å². The maximum atomic E-state index is 4.90. The number of fused-ring (bicyclic) bond motifs is 2. The largest absolute Gasteiger partial charge is 0.384 e. The minimum Gasteiger partial charge on any atom is -0.384 e. The molecular weight excluding hydrogens is 300 g/mol. The molecule has 2 nitrogen and oxygen atoms in total. The van der Waals surface area contributed by atoms with Crippen molar-refractivity contribution in [2.75, 3.05) is 11.9 Å². The number of anilines is 1. The second-order valence-electron chi connectivity index (χ2n) is 5.28. The molecule has 1 N–H and O–H groups in total. The maximum absolute atomic E-state index is 4.90. The number of aryl methyl sites for hydroxylation is 2. The number of hydrogen-bond donors (Lipinski definition) is 1. The van der Waals surface area contributed by atoms with Crippen molar-refractivity contribution in [3.8, 4) is 0 Å². The van der Waals surface area contributed by atoms with Crippen LogP contribution in [0.2, 0.25) is 0 Å². The molecule has 0 unspecified atom stereocenters. The van der Waals surface area contributed by atoms with E-state index in [1.165, 1.54) is 34.3 Å². The van der Waals surface area contributed by atoms with E-state index in [1.807, 2.05) is 0 Å². The fourth-order valence-corrected chi connectivity index (χ4v) is 3.36. The lowest BCUT2D eigenvalue weighted by Gasteiger charge is -2.16. The monoisotopic (exact) mass is 318 g/mol. The van der Waals surface area contributed by atoms with Crippen LogP contribution < -0.4 is 5.32 Å². The molecule has 1 aliphatic carbocycles. The summed E-state index contributed by atoms with van der Waals surface area (Å²) in [6.07, 6.45) is 4.66. The van der Waals surface area contributed by atoms with Gasteiger partial charge in [-0.05, 0) is 65.7 Å². The number of pyridine rings is 1. The molecule has 100 valence electrons. The standard InChI is InChI=1S/C16H19BrN2/c1-3-9-18-15-11-5-4-6-13(11)19-16-12(17)8-7-10(2)14(15)16/h7-8H,3-6,9H2,1-2H3,(H,18,19). The summed E-state index contributed by atoms with van der Waals surface area (Å²) in [6, 6.07) is 4.28. The van der Waals surface area contributed by atoms with Crippen molar-refractivity contribution in [3.63, 3.8) is 0 Å². The zero-order valence-corrected chi connectivity index (χ0v) is 13.1. The van der Waals surface area contributed by atoms with Crippen molar-refractivity contribution in [2.45, 2.75) is 39.5 Å². The third kappa shape index (κ3) is 2.14. The second kappa shape index (κ2) is 5.12. The van der Waals surface area contributed by atoms with E-state index in [0.717, 1.165) is 35.8 Å². The lowest BCUT2D eigenvalue weighted by Crippen LogP contribution is -2.06. The Bertz CT molecular complexity index is 634. The summed E-state index contributed by atoms with van der Waals surface area (Å²) in [5, 5.41) is 4.94. The highest BCUT2D eigenvalue weighted by Crippen LogP contribution is 2.38. The van der Waals surface area contributed by atoms with Crippen LogP contribution in [0.3, 0.4) is 0 Å². The molecule has 2 aromatic rings. The number of halogens is 1. The van der Waals surface area contributed by atoms with Crippen LogP contribution in [-0.2, 0) is 12.8 Å². The second-order valence-corrected chi connectivity index (χ2v) is 6.13. The first kappa shape index (κ1) is 12.9. The number of benzene rings is 1. The van der Waals surface area contributed by atoms with E-state index in [2.05, 4.69) is 47.2 Å². The first-order valence-corrected chi connectivity index (χ1v) is 7.86. The lowest BCUT2D eigenvalue weighted by molar-refractivity contribution is 0.900. The molecule has 0 fully saturated rings. The summed E-state index contributed by atoms with van der Waals surface area (Å²) in [5.41, 5.74) is 6.48. The molecular formula is C16H19BrN2. The van der Waals surface area contributed by atoms with Gasteiger partial charge >= 0.3 is 0 Å². The fourth-order valence-electron chi connectivity index (χ4n) is 2.94. The molecule has 1 aromatic carbocycles. The van der Waals surface area contributed by atoms with Crippen LogP contribution in [0, 0.1) is 6.92 Å². The first-order valence-electron chi connectivity index (χ1n) is 7.06. The van der Waals surface area contributed by atoms with Crippen LogP contribution >= 0.6 is 15.9 Å². The minimum atomic E-state index is 1.03. The molecule has 3 rings (SSSR count). The van der Waals surface area contributed by atoms with Crippen LogP contribution in [0.5, 0.6) is 0 Å². The molecule has 0 saturated heterocycles. The Morgan fingerprint density at radius 3 is 2.95 bits per heavy atom. The highest BCUT2D eigenvalue weighted by molar-refractivity contribution is 9.10. The van der Waals surface area contributed by atoms with Crippen molar-refractivity contribution in [3.05, 3.63) is 33.4 Å². The average Bonchev–Trinajstić information content (AvgIpc) is 2.87. The molecule has 3 heteroatoms. The molecule has 1 heterocycles. The normalized spacial score (nSPS) is 13.8. The molecule has 0 bridgehead atoms. The van der Waals surface area contributed by atoms with Crippen molar-refractivity contribution in [1.29, 1.82) is 0 Å². The van der Waals surface area contributed by atoms with E-state index in [-0.39, 0.29) is 0 Å². The molecule has 1 aromatic heterocycles. The topological polar surface area (TPSA) is 24.9 Å². The van der Waals surface area contributed by atoms with Gasteiger partial charge in [0.25, 0.3) is 0 Å². The van der Waals surface area contributed by atoms with Crippen molar-refractivity contribution in [2.24, 2.45) is 0 Å². The Hall–Kier alpha value is -1.09. The Morgan fingerprint density at radius 2 is 2.16 bits per heavy atom.